The normalized spacial score (nSPS) is 29.1. The predicted octanol–water partition coefficient (Wildman–Crippen LogP) is 1.46. The molecule has 2 unspecified atom stereocenters. The fourth-order valence-corrected chi connectivity index (χ4v) is 3.24. The third-order valence-electron chi connectivity index (χ3n) is 3.83. The van der Waals surface area contributed by atoms with Crippen molar-refractivity contribution in [3.05, 3.63) is 0 Å². The SMILES string of the molecule is CC(C)CNCC1(CCS(C)(=O)=O)CCOC1C. The number of rotatable bonds is 7. The van der Waals surface area contributed by atoms with Crippen molar-refractivity contribution >= 4 is 9.84 Å². The maximum atomic E-state index is 11.4. The Hall–Kier alpha value is -0.130. The standard InChI is InChI=1S/C13H27NO3S/c1-11(2)9-14-10-13(5-7-17-12(13)3)6-8-18(4,15)16/h11-12,14H,5-10H2,1-4H3. The second-order valence-electron chi connectivity index (χ2n) is 6.03. The summed E-state index contributed by atoms with van der Waals surface area (Å²) in [6, 6.07) is 0. The largest absolute Gasteiger partial charge is 0.378 e. The molecule has 1 rings (SSSR count). The molecule has 18 heavy (non-hydrogen) atoms. The quantitative estimate of drug-likeness (QED) is 0.765. The summed E-state index contributed by atoms with van der Waals surface area (Å²) in [5, 5.41) is 3.46. The van der Waals surface area contributed by atoms with Gasteiger partial charge in [-0.2, -0.15) is 0 Å². The molecule has 1 N–H and O–H groups in total. The van der Waals surface area contributed by atoms with Gasteiger partial charge in [0.1, 0.15) is 9.84 Å². The Labute approximate surface area is 111 Å². The average molecular weight is 277 g/mol. The molecule has 2 atom stereocenters. The van der Waals surface area contributed by atoms with Crippen molar-refractivity contribution in [2.45, 2.75) is 39.7 Å². The van der Waals surface area contributed by atoms with Crippen molar-refractivity contribution < 1.29 is 13.2 Å². The molecule has 0 aliphatic carbocycles. The van der Waals surface area contributed by atoms with Crippen LogP contribution in [-0.2, 0) is 14.6 Å². The highest BCUT2D eigenvalue weighted by molar-refractivity contribution is 7.90. The van der Waals surface area contributed by atoms with Crippen LogP contribution in [0.3, 0.4) is 0 Å². The zero-order chi connectivity index (χ0) is 13.8. The van der Waals surface area contributed by atoms with Gasteiger partial charge >= 0.3 is 0 Å². The van der Waals surface area contributed by atoms with Crippen LogP contribution in [0.4, 0.5) is 0 Å². The molecule has 1 aliphatic rings. The van der Waals surface area contributed by atoms with E-state index in [9.17, 15) is 8.42 Å². The van der Waals surface area contributed by atoms with Gasteiger partial charge < -0.3 is 10.1 Å². The van der Waals surface area contributed by atoms with Crippen LogP contribution in [-0.4, -0.2) is 46.2 Å². The van der Waals surface area contributed by atoms with Crippen molar-refractivity contribution in [1.29, 1.82) is 0 Å². The second kappa shape index (κ2) is 6.35. The van der Waals surface area contributed by atoms with Crippen LogP contribution < -0.4 is 5.32 Å². The minimum absolute atomic E-state index is 0.0159. The molecule has 0 saturated carbocycles. The van der Waals surface area contributed by atoms with E-state index in [0.29, 0.717) is 12.3 Å². The Morgan fingerprint density at radius 3 is 2.56 bits per heavy atom. The summed E-state index contributed by atoms with van der Waals surface area (Å²) in [6.45, 7) is 8.96. The molecule has 1 fully saturated rings. The van der Waals surface area contributed by atoms with E-state index < -0.39 is 9.84 Å². The van der Waals surface area contributed by atoms with Gasteiger partial charge in [0.2, 0.25) is 0 Å². The van der Waals surface area contributed by atoms with E-state index in [-0.39, 0.29) is 17.3 Å². The molecule has 108 valence electrons. The van der Waals surface area contributed by atoms with Crippen LogP contribution in [0.1, 0.15) is 33.6 Å². The highest BCUT2D eigenvalue weighted by atomic mass is 32.2. The Kier molecular flexibility index (Phi) is 5.62. The van der Waals surface area contributed by atoms with Crippen molar-refractivity contribution in [2.75, 3.05) is 31.7 Å². The molecule has 0 radical (unpaired) electrons. The molecule has 0 aromatic heterocycles. The monoisotopic (exact) mass is 277 g/mol. The summed E-state index contributed by atoms with van der Waals surface area (Å²) >= 11 is 0. The van der Waals surface area contributed by atoms with Gasteiger partial charge in [0, 0.05) is 24.8 Å². The van der Waals surface area contributed by atoms with Crippen LogP contribution in [0.15, 0.2) is 0 Å². The summed E-state index contributed by atoms with van der Waals surface area (Å²) in [6.07, 6.45) is 3.09. The van der Waals surface area contributed by atoms with Crippen molar-refractivity contribution in [2.24, 2.45) is 11.3 Å². The zero-order valence-electron chi connectivity index (χ0n) is 12.0. The van der Waals surface area contributed by atoms with Crippen LogP contribution in [0.2, 0.25) is 0 Å². The van der Waals surface area contributed by atoms with Gasteiger partial charge in [0.15, 0.2) is 0 Å². The molecule has 5 heteroatoms. The first kappa shape index (κ1) is 15.9. The van der Waals surface area contributed by atoms with Gasteiger partial charge in [0.05, 0.1) is 11.9 Å². The number of hydrogen-bond acceptors (Lipinski definition) is 4. The summed E-state index contributed by atoms with van der Waals surface area (Å²) in [5.74, 6) is 0.860. The fourth-order valence-electron chi connectivity index (χ4n) is 2.47. The summed E-state index contributed by atoms with van der Waals surface area (Å²) in [4.78, 5) is 0. The molecule has 4 nitrogen and oxygen atoms in total. The zero-order valence-corrected chi connectivity index (χ0v) is 12.8. The van der Waals surface area contributed by atoms with Crippen LogP contribution in [0.25, 0.3) is 0 Å². The van der Waals surface area contributed by atoms with E-state index in [1.807, 2.05) is 0 Å². The van der Waals surface area contributed by atoms with Gasteiger partial charge in [-0.15, -0.1) is 0 Å². The van der Waals surface area contributed by atoms with Crippen molar-refractivity contribution in [3.63, 3.8) is 0 Å². The predicted molar refractivity (Wildman–Crippen MR) is 74.5 cm³/mol. The van der Waals surface area contributed by atoms with Crippen LogP contribution in [0.5, 0.6) is 0 Å². The minimum atomic E-state index is -2.90. The van der Waals surface area contributed by atoms with Gasteiger partial charge in [-0.05, 0) is 32.2 Å². The number of nitrogens with one attached hydrogen (secondary N) is 1. The van der Waals surface area contributed by atoms with Crippen LogP contribution in [0, 0.1) is 11.3 Å². The molecule has 1 heterocycles. The first-order valence-electron chi connectivity index (χ1n) is 6.75. The Morgan fingerprint density at radius 1 is 1.44 bits per heavy atom. The van der Waals surface area contributed by atoms with Gasteiger partial charge in [-0.3, -0.25) is 0 Å². The van der Waals surface area contributed by atoms with E-state index in [4.69, 9.17) is 4.74 Å². The molecule has 0 bridgehead atoms. The van der Waals surface area contributed by atoms with Crippen LogP contribution >= 0.6 is 0 Å². The summed E-state index contributed by atoms with van der Waals surface area (Å²) < 4.78 is 28.4. The highest BCUT2D eigenvalue weighted by Crippen LogP contribution is 2.38. The molecular weight excluding hydrogens is 250 g/mol. The average Bonchev–Trinajstić information content (AvgIpc) is 2.57. The van der Waals surface area contributed by atoms with Crippen molar-refractivity contribution in [3.8, 4) is 0 Å². The third-order valence-corrected chi connectivity index (χ3v) is 4.78. The van der Waals surface area contributed by atoms with Gasteiger partial charge in [-0.25, -0.2) is 8.42 Å². The molecule has 1 aliphatic heterocycles. The first-order valence-corrected chi connectivity index (χ1v) is 8.81. The summed E-state index contributed by atoms with van der Waals surface area (Å²) in [5.41, 5.74) is -0.0159. The van der Waals surface area contributed by atoms with Gasteiger partial charge in [0.25, 0.3) is 0 Å². The van der Waals surface area contributed by atoms with E-state index in [2.05, 4.69) is 26.1 Å². The molecule has 0 aromatic carbocycles. The lowest BCUT2D eigenvalue weighted by molar-refractivity contribution is 0.0611. The highest BCUT2D eigenvalue weighted by Gasteiger charge is 2.41. The molecule has 0 amide bonds. The minimum Gasteiger partial charge on any atom is -0.378 e. The van der Waals surface area contributed by atoms with E-state index in [1.165, 1.54) is 6.26 Å². The Balaban J connectivity index is 2.59. The fraction of sp³-hybridized carbons (Fsp3) is 1.00. The van der Waals surface area contributed by atoms with E-state index >= 15 is 0 Å². The topological polar surface area (TPSA) is 55.4 Å². The van der Waals surface area contributed by atoms with E-state index in [0.717, 1.165) is 26.1 Å². The Morgan fingerprint density at radius 2 is 2.11 bits per heavy atom. The number of sulfone groups is 1. The smallest absolute Gasteiger partial charge is 0.147 e. The molecule has 1 saturated heterocycles. The third kappa shape index (κ3) is 4.86. The second-order valence-corrected chi connectivity index (χ2v) is 8.29. The Bertz CT molecular complexity index is 353. The number of ether oxygens (including phenoxy) is 1. The lowest BCUT2D eigenvalue weighted by atomic mass is 9.79. The first-order chi connectivity index (χ1) is 8.25. The lowest BCUT2D eigenvalue weighted by Gasteiger charge is -2.32. The maximum absolute atomic E-state index is 11.4. The van der Waals surface area contributed by atoms with E-state index in [1.54, 1.807) is 0 Å². The molecule has 0 aromatic rings. The lowest BCUT2D eigenvalue weighted by Crippen LogP contribution is -2.41. The van der Waals surface area contributed by atoms with Gasteiger partial charge in [-0.1, -0.05) is 13.8 Å². The summed E-state index contributed by atoms with van der Waals surface area (Å²) in [7, 11) is -2.90. The maximum Gasteiger partial charge on any atom is 0.147 e. The molecule has 0 spiro atoms. The van der Waals surface area contributed by atoms with Crippen molar-refractivity contribution in [1.82, 2.24) is 5.32 Å². The molecular formula is C13H27NO3S. The number of hydrogen-bond donors (Lipinski definition) is 1.